The fraction of sp³-hybridized carbons (Fsp3) is 0.304. The third-order valence-corrected chi connectivity index (χ3v) is 5.45. The minimum atomic E-state index is 0.0841. The fourth-order valence-electron chi connectivity index (χ4n) is 4.03. The van der Waals surface area contributed by atoms with Gasteiger partial charge in [0.1, 0.15) is 0 Å². The summed E-state index contributed by atoms with van der Waals surface area (Å²) in [6.07, 6.45) is 5.91. The minimum Gasteiger partial charge on any atom is -0.379 e. The average molecular weight is 315 g/mol. The molecule has 0 aliphatic heterocycles. The lowest BCUT2D eigenvalue weighted by Gasteiger charge is -2.27. The molecule has 0 amide bonds. The summed E-state index contributed by atoms with van der Waals surface area (Å²) in [6, 6.07) is 15.9. The number of fused-ring (bicyclic) bond motifs is 3. The first-order valence-electron chi connectivity index (χ1n) is 8.83. The van der Waals surface area contributed by atoms with E-state index in [1.165, 1.54) is 39.1 Å². The number of hydrogen-bond acceptors (Lipinski definition) is 1. The van der Waals surface area contributed by atoms with Crippen molar-refractivity contribution >= 4 is 11.3 Å². The van der Waals surface area contributed by atoms with E-state index < -0.39 is 0 Å². The first kappa shape index (κ1) is 15.3. The average Bonchev–Trinajstić information content (AvgIpc) is 2.77. The van der Waals surface area contributed by atoms with Crippen molar-refractivity contribution in [1.29, 1.82) is 0 Å². The summed E-state index contributed by atoms with van der Waals surface area (Å²) in [5.41, 5.74) is 9.73. The molecule has 1 heteroatoms. The van der Waals surface area contributed by atoms with Crippen LogP contribution in [0.1, 0.15) is 42.5 Å². The summed E-state index contributed by atoms with van der Waals surface area (Å²) in [5.74, 6) is 0. The summed E-state index contributed by atoms with van der Waals surface area (Å²) in [5, 5.41) is 3.68. The molecule has 2 aliphatic rings. The van der Waals surface area contributed by atoms with Gasteiger partial charge in [0.25, 0.3) is 0 Å². The Balaban J connectivity index is 1.67. The molecule has 1 nitrogen and oxygen atoms in total. The van der Waals surface area contributed by atoms with E-state index in [4.69, 9.17) is 0 Å². The van der Waals surface area contributed by atoms with E-state index in [2.05, 4.69) is 87.6 Å². The number of hydrogen-bond donors (Lipinski definition) is 1. The van der Waals surface area contributed by atoms with Crippen molar-refractivity contribution < 1.29 is 0 Å². The number of rotatable bonds is 2. The number of allylic oxidation sites excluding steroid dienone is 2. The molecular formula is C23H25N. The third kappa shape index (κ3) is 2.39. The molecule has 122 valence electrons. The van der Waals surface area contributed by atoms with Crippen molar-refractivity contribution in [2.75, 3.05) is 5.32 Å². The van der Waals surface area contributed by atoms with Gasteiger partial charge in [0, 0.05) is 17.1 Å². The Morgan fingerprint density at radius 3 is 2.42 bits per heavy atom. The molecule has 0 aromatic heterocycles. The molecule has 2 aliphatic carbocycles. The standard InChI is InChI=1S/C23H25N/c1-15-5-8-17(9-6-15)24-18-10-12-20-19-11-7-16(2)13-21(19)23(3,4)22(20)14-18/h5-9,11-14,18,24H,10H2,1-4H3. The number of benzene rings is 2. The van der Waals surface area contributed by atoms with E-state index in [0.717, 1.165) is 6.42 Å². The van der Waals surface area contributed by atoms with Gasteiger partial charge < -0.3 is 5.32 Å². The van der Waals surface area contributed by atoms with E-state index in [-0.39, 0.29) is 5.41 Å². The maximum atomic E-state index is 3.68. The molecule has 0 radical (unpaired) electrons. The van der Waals surface area contributed by atoms with Gasteiger partial charge in [-0.25, -0.2) is 0 Å². The third-order valence-electron chi connectivity index (χ3n) is 5.45. The lowest BCUT2D eigenvalue weighted by molar-refractivity contribution is 0.650. The van der Waals surface area contributed by atoms with Crippen LogP contribution in [-0.2, 0) is 5.41 Å². The molecule has 0 bridgehead atoms. The minimum absolute atomic E-state index is 0.0841. The van der Waals surface area contributed by atoms with Crippen LogP contribution in [0.25, 0.3) is 5.57 Å². The predicted octanol–water partition coefficient (Wildman–Crippen LogP) is 5.79. The number of aryl methyl sites for hydroxylation is 2. The van der Waals surface area contributed by atoms with Gasteiger partial charge in [0.2, 0.25) is 0 Å². The van der Waals surface area contributed by atoms with Gasteiger partial charge >= 0.3 is 0 Å². The Labute approximate surface area is 145 Å². The predicted molar refractivity (Wildman–Crippen MR) is 103 cm³/mol. The second-order valence-corrected chi connectivity index (χ2v) is 7.72. The van der Waals surface area contributed by atoms with Gasteiger partial charge in [-0.15, -0.1) is 0 Å². The summed E-state index contributed by atoms with van der Waals surface area (Å²) in [4.78, 5) is 0. The number of nitrogens with one attached hydrogen (secondary N) is 1. The normalized spacial score (nSPS) is 20.8. The van der Waals surface area contributed by atoms with Crippen LogP contribution in [-0.4, -0.2) is 6.04 Å². The van der Waals surface area contributed by atoms with Crippen molar-refractivity contribution in [2.45, 2.75) is 45.6 Å². The SMILES string of the molecule is Cc1ccc(NC2C=C3C(=CC2)c2ccc(C)cc2C3(C)C)cc1. The van der Waals surface area contributed by atoms with Crippen LogP contribution < -0.4 is 5.32 Å². The van der Waals surface area contributed by atoms with E-state index >= 15 is 0 Å². The lowest BCUT2D eigenvalue weighted by Crippen LogP contribution is -2.23. The van der Waals surface area contributed by atoms with Gasteiger partial charge in [-0.1, -0.05) is 67.5 Å². The van der Waals surface area contributed by atoms with Crippen LogP contribution in [0.2, 0.25) is 0 Å². The molecule has 1 atom stereocenters. The first-order valence-corrected chi connectivity index (χ1v) is 8.83. The summed E-state index contributed by atoms with van der Waals surface area (Å²) < 4.78 is 0. The quantitative estimate of drug-likeness (QED) is 0.739. The second kappa shape index (κ2) is 5.37. The van der Waals surface area contributed by atoms with Gasteiger partial charge in [-0.3, -0.25) is 0 Å². The van der Waals surface area contributed by atoms with Crippen molar-refractivity contribution in [1.82, 2.24) is 0 Å². The van der Waals surface area contributed by atoms with Crippen molar-refractivity contribution in [3.63, 3.8) is 0 Å². The maximum Gasteiger partial charge on any atom is 0.0485 e. The van der Waals surface area contributed by atoms with Crippen LogP contribution in [0.5, 0.6) is 0 Å². The molecule has 0 spiro atoms. The zero-order valence-corrected chi connectivity index (χ0v) is 15.0. The molecule has 1 N–H and O–H groups in total. The van der Waals surface area contributed by atoms with Gasteiger partial charge in [-0.05, 0) is 54.7 Å². The molecule has 2 aromatic rings. The van der Waals surface area contributed by atoms with Crippen molar-refractivity contribution in [3.8, 4) is 0 Å². The van der Waals surface area contributed by atoms with Crippen LogP contribution in [0, 0.1) is 13.8 Å². The summed E-state index contributed by atoms with van der Waals surface area (Å²) in [7, 11) is 0. The van der Waals surface area contributed by atoms with E-state index in [9.17, 15) is 0 Å². The molecule has 0 saturated carbocycles. The van der Waals surface area contributed by atoms with Crippen molar-refractivity contribution in [3.05, 3.63) is 82.4 Å². The zero-order chi connectivity index (χ0) is 16.9. The van der Waals surface area contributed by atoms with Gasteiger partial charge in [-0.2, -0.15) is 0 Å². The Hall–Kier alpha value is -2.28. The van der Waals surface area contributed by atoms with Crippen molar-refractivity contribution in [2.24, 2.45) is 0 Å². The highest BCUT2D eigenvalue weighted by Crippen LogP contribution is 2.51. The second-order valence-electron chi connectivity index (χ2n) is 7.72. The molecule has 0 heterocycles. The van der Waals surface area contributed by atoms with E-state index in [1.807, 2.05) is 0 Å². The topological polar surface area (TPSA) is 12.0 Å². The highest BCUT2D eigenvalue weighted by Gasteiger charge is 2.39. The summed E-state index contributed by atoms with van der Waals surface area (Å²) >= 11 is 0. The molecule has 0 saturated heterocycles. The van der Waals surface area contributed by atoms with Crippen LogP contribution in [0.15, 0.2) is 60.2 Å². The highest BCUT2D eigenvalue weighted by atomic mass is 14.9. The molecule has 24 heavy (non-hydrogen) atoms. The van der Waals surface area contributed by atoms with Crippen LogP contribution in [0.3, 0.4) is 0 Å². The van der Waals surface area contributed by atoms with E-state index in [1.54, 1.807) is 0 Å². The Morgan fingerprint density at radius 1 is 0.958 bits per heavy atom. The number of anilines is 1. The lowest BCUT2D eigenvalue weighted by atomic mass is 9.79. The zero-order valence-electron chi connectivity index (χ0n) is 15.0. The fourth-order valence-corrected chi connectivity index (χ4v) is 4.03. The first-order chi connectivity index (χ1) is 11.4. The summed E-state index contributed by atoms with van der Waals surface area (Å²) in [6.45, 7) is 9.02. The molecular weight excluding hydrogens is 290 g/mol. The monoisotopic (exact) mass is 315 g/mol. The van der Waals surface area contributed by atoms with Crippen LogP contribution >= 0.6 is 0 Å². The van der Waals surface area contributed by atoms with E-state index in [0.29, 0.717) is 6.04 Å². The molecule has 4 rings (SSSR count). The van der Waals surface area contributed by atoms with Gasteiger partial charge in [0.15, 0.2) is 0 Å². The molecule has 1 unspecified atom stereocenters. The molecule has 2 aromatic carbocycles. The molecule has 0 fully saturated rings. The Morgan fingerprint density at radius 2 is 1.67 bits per heavy atom. The highest BCUT2D eigenvalue weighted by molar-refractivity contribution is 5.90. The maximum absolute atomic E-state index is 3.68. The van der Waals surface area contributed by atoms with Gasteiger partial charge in [0.05, 0.1) is 0 Å². The van der Waals surface area contributed by atoms with Crippen LogP contribution in [0.4, 0.5) is 5.69 Å². The smallest absolute Gasteiger partial charge is 0.0485 e. The Bertz CT molecular complexity index is 850. The largest absolute Gasteiger partial charge is 0.379 e. The Kier molecular flexibility index (Phi) is 3.42.